The Morgan fingerprint density at radius 3 is 2.65 bits per heavy atom. The van der Waals surface area contributed by atoms with Crippen molar-refractivity contribution in [2.75, 3.05) is 0 Å². The number of alkyl halides is 1. The Balaban J connectivity index is 2.40. The Morgan fingerprint density at radius 2 is 2.00 bits per heavy atom. The molecule has 1 aromatic carbocycles. The van der Waals surface area contributed by atoms with E-state index in [0.29, 0.717) is 22.7 Å². The molecule has 0 unspecified atom stereocenters. The van der Waals surface area contributed by atoms with E-state index in [1.165, 1.54) is 0 Å². The lowest BCUT2D eigenvalue weighted by atomic mass is 10.2. The van der Waals surface area contributed by atoms with Crippen molar-refractivity contribution in [2.24, 2.45) is 0 Å². The van der Waals surface area contributed by atoms with Crippen LogP contribution in [0.15, 0.2) is 41.3 Å². The number of hydrogen-bond acceptors (Lipinski definition) is 2. The number of halogens is 2. The number of rotatable bonds is 3. The van der Waals surface area contributed by atoms with E-state index in [-0.39, 0.29) is 5.56 Å². The topological polar surface area (TPSA) is 34.9 Å². The van der Waals surface area contributed by atoms with Crippen LogP contribution in [0.1, 0.15) is 11.3 Å². The molecule has 88 valence electrons. The van der Waals surface area contributed by atoms with E-state index in [4.69, 9.17) is 11.6 Å². The molecule has 0 bridgehead atoms. The van der Waals surface area contributed by atoms with Crippen molar-refractivity contribution in [3.05, 3.63) is 63.3 Å². The molecule has 0 aliphatic carbocycles. The van der Waals surface area contributed by atoms with Gasteiger partial charge >= 0.3 is 0 Å². The van der Waals surface area contributed by atoms with Crippen molar-refractivity contribution in [2.45, 2.75) is 11.9 Å². The number of benzene rings is 1. The van der Waals surface area contributed by atoms with Gasteiger partial charge in [0, 0.05) is 6.20 Å². The highest BCUT2D eigenvalue weighted by Crippen LogP contribution is 2.07. The van der Waals surface area contributed by atoms with Gasteiger partial charge in [0.05, 0.1) is 11.9 Å². The van der Waals surface area contributed by atoms with Crippen molar-refractivity contribution < 1.29 is 0 Å². The summed E-state index contributed by atoms with van der Waals surface area (Å²) in [7, 11) is 0. The Morgan fingerprint density at radius 1 is 1.29 bits per heavy atom. The maximum absolute atomic E-state index is 12.0. The fourth-order valence-electron chi connectivity index (χ4n) is 1.54. The molecule has 0 N–H and O–H groups in total. The lowest BCUT2D eigenvalue weighted by Gasteiger charge is -2.07. The van der Waals surface area contributed by atoms with Crippen molar-refractivity contribution in [1.82, 2.24) is 9.55 Å². The lowest BCUT2D eigenvalue weighted by Crippen LogP contribution is -2.24. The summed E-state index contributed by atoms with van der Waals surface area (Å²) in [5.41, 5.74) is 1.36. The van der Waals surface area contributed by atoms with E-state index in [2.05, 4.69) is 20.9 Å². The van der Waals surface area contributed by atoms with Crippen LogP contribution in [0.4, 0.5) is 0 Å². The predicted molar refractivity (Wildman–Crippen MR) is 71.7 cm³/mol. The zero-order valence-electron chi connectivity index (χ0n) is 8.94. The van der Waals surface area contributed by atoms with Crippen LogP contribution in [-0.4, -0.2) is 9.55 Å². The monoisotopic (exact) mass is 312 g/mol. The molecule has 0 aliphatic heterocycles. The van der Waals surface area contributed by atoms with Crippen LogP contribution < -0.4 is 5.56 Å². The molecule has 0 aliphatic rings. The van der Waals surface area contributed by atoms with Gasteiger partial charge in [-0.1, -0.05) is 57.9 Å². The zero-order chi connectivity index (χ0) is 12.3. The van der Waals surface area contributed by atoms with Gasteiger partial charge < -0.3 is 4.57 Å². The molecular formula is C12H10BrClN2O. The van der Waals surface area contributed by atoms with Crippen LogP contribution in [0.5, 0.6) is 0 Å². The van der Waals surface area contributed by atoms with E-state index < -0.39 is 0 Å². The number of aromatic nitrogens is 2. The average Bonchev–Trinajstić information content (AvgIpc) is 2.34. The van der Waals surface area contributed by atoms with Gasteiger partial charge in [-0.25, -0.2) is 4.98 Å². The molecule has 0 spiro atoms. The van der Waals surface area contributed by atoms with Gasteiger partial charge in [-0.15, -0.1) is 0 Å². The highest BCUT2D eigenvalue weighted by Gasteiger charge is 2.06. The molecule has 0 atom stereocenters. The lowest BCUT2D eigenvalue weighted by molar-refractivity contribution is 0.736. The van der Waals surface area contributed by atoms with E-state index in [0.717, 1.165) is 5.56 Å². The first-order valence-electron chi connectivity index (χ1n) is 5.06. The Kier molecular flexibility index (Phi) is 3.97. The highest BCUT2D eigenvalue weighted by atomic mass is 79.9. The molecule has 17 heavy (non-hydrogen) atoms. The molecule has 0 radical (unpaired) electrons. The fourth-order valence-corrected chi connectivity index (χ4v) is 2.13. The summed E-state index contributed by atoms with van der Waals surface area (Å²) >= 11 is 9.10. The van der Waals surface area contributed by atoms with Crippen LogP contribution >= 0.6 is 27.5 Å². The summed E-state index contributed by atoms with van der Waals surface area (Å²) in [6, 6.07) is 9.75. The first kappa shape index (κ1) is 12.3. The minimum absolute atomic E-state index is 0.116. The SMILES string of the molecule is O=c1c(CBr)nc(Cl)cn1Cc1ccccc1. The molecule has 2 aromatic rings. The molecule has 1 heterocycles. The van der Waals surface area contributed by atoms with E-state index >= 15 is 0 Å². The van der Waals surface area contributed by atoms with Crippen LogP contribution in [0, 0.1) is 0 Å². The largest absolute Gasteiger partial charge is 0.306 e. The molecule has 2 rings (SSSR count). The van der Waals surface area contributed by atoms with Gasteiger partial charge in [-0.3, -0.25) is 4.79 Å². The molecular weight excluding hydrogens is 304 g/mol. The number of hydrogen-bond donors (Lipinski definition) is 0. The van der Waals surface area contributed by atoms with Gasteiger partial charge in [-0.05, 0) is 5.56 Å². The standard InChI is InChI=1S/C12H10BrClN2O/c13-6-10-12(17)16(8-11(14)15-10)7-9-4-2-1-3-5-9/h1-5,8H,6-7H2. The third kappa shape index (κ3) is 2.96. The maximum atomic E-state index is 12.0. The van der Waals surface area contributed by atoms with Crippen molar-refractivity contribution in [1.29, 1.82) is 0 Å². The Bertz CT molecular complexity index is 568. The van der Waals surface area contributed by atoms with E-state index in [9.17, 15) is 4.79 Å². The highest BCUT2D eigenvalue weighted by molar-refractivity contribution is 9.08. The third-order valence-corrected chi connectivity index (χ3v) is 3.05. The Hall–Kier alpha value is -1.13. The normalized spacial score (nSPS) is 10.5. The van der Waals surface area contributed by atoms with Crippen molar-refractivity contribution in [3.8, 4) is 0 Å². The molecule has 0 saturated carbocycles. The summed E-state index contributed by atoms with van der Waals surface area (Å²) < 4.78 is 1.57. The summed E-state index contributed by atoms with van der Waals surface area (Å²) in [5.74, 6) is 0. The van der Waals surface area contributed by atoms with Crippen LogP contribution in [-0.2, 0) is 11.9 Å². The maximum Gasteiger partial charge on any atom is 0.273 e. The number of nitrogens with zero attached hydrogens (tertiary/aromatic N) is 2. The first-order chi connectivity index (χ1) is 8.20. The molecule has 5 heteroatoms. The molecule has 1 aromatic heterocycles. The minimum Gasteiger partial charge on any atom is -0.306 e. The minimum atomic E-state index is -0.116. The molecule has 0 saturated heterocycles. The van der Waals surface area contributed by atoms with Crippen molar-refractivity contribution in [3.63, 3.8) is 0 Å². The third-order valence-electron chi connectivity index (χ3n) is 2.33. The van der Waals surface area contributed by atoms with Crippen molar-refractivity contribution >= 4 is 27.5 Å². The molecule has 0 fully saturated rings. The molecule has 0 amide bonds. The predicted octanol–water partition coefficient (Wildman–Crippen LogP) is 2.84. The van der Waals surface area contributed by atoms with E-state index in [1.807, 2.05) is 30.3 Å². The smallest absolute Gasteiger partial charge is 0.273 e. The fraction of sp³-hybridized carbons (Fsp3) is 0.167. The van der Waals surface area contributed by atoms with Gasteiger partial charge in [0.2, 0.25) is 0 Å². The quantitative estimate of drug-likeness (QED) is 0.817. The van der Waals surface area contributed by atoms with Crippen LogP contribution in [0.25, 0.3) is 0 Å². The van der Waals surface area contributed by atoms with E-state index in [1.54, 1.807) is 10.8 Å². The van der Waals surface area contributed by atoms with Crippen LogP contribution in [0.3, 0.4) is 0 Å². The second-order valence-electron chi connectivity index (χ2n) is 3.56. The molecule has 3 nitrogen and oxygen atoms in total. The Labute approximate surface area is 112 Å². The van der Waals surface area contributed by atoms with Gasteiger partial charge in [-0.2, -0.15) is 0 Å². The summed E-state index contributed by atoms with van der Waals surface area (Å²) in [6.45, 7) is 0.502. The second kappa shape index (κ2) is 5.47. The van der Waals surface area contributed by atoms with Crippen LogP contribution in [0.2, 0.25) is 5.15 Å². The summed E-state index contributed by atoms with van der Waals surface area (Å²) in [4.78, 5) is 15.9. The summed E-state index contributed by atoms with van der Waals surface area (Å²) in [5, 5.41) is 0.733. The average molecular weight is 314 g/mol. The summed E-state index contributed by atoms with van der Waals surface area (Å²) in [6.07, 6.45) is 1.56. The van der Waals surface area contributed by atoms with Gasteiger partial charge in [0.1, 0.15) is 10.8 Å². The van der Waals surface area contributed by atoms with Gasteiger partial charge in [0.15, 0.2) is 0 Å². The first-order valence-corrected chi connectivity index (χ1v) is 6.56. The van der Waals surface area contributed by atoms with Gasteiger partial charge in [0.25, 0.3) is 5.56 Å². The zero-order valence-corrected chi connectivity index (χ0v) is 11.3. The second-order valence-corrected chi connectivity index (χ2v) is 4.51.